The van der Waals surface area contributed by atoms with Crippen LogP contribution in [0.25, 0.3) is 6.08 Å². The van der Waals surface area contributed by atoms with Gasteiger partial charge in [-0.05, 0) is 36.6 Å². The number of ether oxygens (including phenoxy) is 2. The van der Waals surface area contributed by atoms with Gasteiger partial charge in [0.2, 0.25) is 0 Å². The highest BCUT2D eigenvalue weighted by molar-refractivity contribution is 8.26. The fourth-order valence-corrected chi connectivity index (χ4v) is 3.92. The zero-order valence-electron chi connectivity index (χ0n) is 15.0. The zero-order valence-corrected chi connectivity index (χ0v) is 16.6. The lowest BCUT2D eigenvalue weighted by Gasteiger charge is -2.30. The molecule has 140 valence electrons. The fraction of sp³-hybridized carbons (Fsp3) is 0.389. The van der Waals surface area contributed by atoms with Crippen LogP contribution >= 0.6 is 24.0 Å². The average Bonchev–Trinajstić information content (AvgIpc) is 2.83. The molecule has 0 radical (unpaired) electrons. The summed E-state index contributed by atoms with van der Waals surface area (Å²) >= 11 is 6.29. The topological polar surface area (TPSA) is 78.9 Å². The molecule has 1 heterocycles. The van der Waals surface area contributed by atoms with E-state index >= 15 is 0 Å². The molecule has 0 aliphatic carbocycles. The van der Waals surface area contributed by atoms with E-state index in [0.717, 1.165) is 22.2 Å². The number of rotatable bonds is 7. The summed E-state index contributed by atoms with van der Waals surface area (Å²) in [5, 5.41) is 11.4. The normalized spacial score (nSPS) is 17.1. The third-order valence-electron chi connectivity index (χ3n) is 3.76. The summed E-state index contributed by atoms with van der Waals surface area (Å²) in [6.45, 7) is 5.80. The number of amides is 1. The molecule has 1 fully saturated rings. The monoisotopic (exact) mass is 394 g/mol. The minimum absolute atomic E-state index is 0.210. The Morgan fingerprint density at radius 2 is 2.08 bits per heavy atom. The molecule has 1 aromatic carbocycles. The van der Waals surface area contributed by atoms with Gasteiger partial charge in [-0.1, -0.05) is 43.9 Å². The highest BCUT2D eigenvalue weighted by atomic mass is 32.2. The summed E-state index contributed by atoms with van der Waals surface area (Å²) in [7, 11) is 1.54. The van der Waals surface area contributed by atoms with E-state index < -0.39 is 17.9 Å². The number of carbonyl (C=O) groups excluding carboxylic acids is 2. The van der Waals surface area contributed by atoms with Crippen LogP contribution in [0.3, 0.4) is 0 Å². The summed E-state index contributed by atoms with van der Waals surface area (Å²) in [6.07, 6.45) is 1.66. The van der Waals surface area contributed by atoms with Crippen LogP contribution in [-0.4, -0.2) is 40.9 Å². The Morgan fingerprint density at radius 3 is 2.62 bits per heavy atom. The molecule has 26 heavy (non-hydrogen) atoms. The molecule has 1 saturated heterocycles. The first-order chi connectivity index (χ1) is 12.3. The van der Waals surface area contributed by atoms with Crippen LogP contribution in [0.15, 0.2) is 23.1 Å². The molecule has 6 nitrogen and oxygen atoms in total. The molecule has 1 aliphatic heterocycles. The molecular weight excluding hydrogens is 374 g/mol. The Labute approximate surface area is 162 Å². The molecule has 1 aromatic rings. The number of methoxy groups -OCH3 is 1. The van der Waals surface area contributed by atoms with E-state index in [2.05, 4.69) is 0 Å². The van der Waals surface area contributed by atoms with Crippen LogP contribution in [-0.2, 0) is 9.59 Å². The van der Waals surface area contributed by atoms with Gasteiger partial charge in [-0.15, -0.1) is 0 Å². The smallest absolute Gasteiger partial charge is 0.266 e. The number of benzene rings is 1. The second kappa shape index (κ2) is 8.55. The summed E-state index contributed by atoms with van der Waals surface area (Å²) < 4.78 is 11.0. The first-order valence-electron chi connectivity index (χ1n) is 8.08. The minimum atomic E-state index is -1.32. The van der Waals surface area contributed by atoms with Gasteiger partial charge in [0.15, 0.2) is 11.5 Å². The summed E-state index contributed by atoms with van der Waals surface area (Å²) in [4.78, 5) is 25.6. The Bertz CT molecular complexity index is 760. The summed E-state index contributed by atoms with van der Waals surface area (Å²) in [5.41, 5.74) is 0.723. The van der Waals surface area contributed by atoms with E-state index in [-0.39, 0.29) is 10.2 Å². The van der Waals surface area contributed by atoms with Gasteiger partial charge in [0.25, 0.3) is 5.91 Å². The van der Waals surface area contributed by atoms with Gasteiger partial charge in [-0.25, -0.2) is 0 Å². The van der Waals surface area contributed by atoms with Gasteiger partial charge >= 0.3 is 0 Å². The predicted molar refractivity (Wildman–Crippen MR) is 103 cm³/mol. The van der Waals surface area contributed by atoms with Crippen molar-refractivity contribution in [3.63, 3.8) is 0 Å². The molecule has 0 spiro atoms. The average molecular weight is 394 g/mol. The van der Waals surface area contributed by atoms with Crippen molar-refractivity contribution in [2.24, 2.45) is 5.92 Å². The molecule has 0 unspecified atom stereocenters. The van der Waals surface area contributed by atoms with Crippen LogP contribution in [0, 0.1) is 5.92 Å². The Kier molecular flexibility index (Phi) is 6.66. The number of thioether (sulfide) groups is 1. The van der Waals surface area contributed by atoms with Crippen LogP contribution in [0.4, 0.5) is 0 Å². The van der Waals surface area contributed by atoms with Crippen LogP contribution in [0.5, 0.6) is 11.5 Å². The molecule has 0 saturated carbocycles. The lowest BCUT2D eigenvalue weighted by molar-refractivity contribution is -0.311. The van der Waals surface area contributed by atoms with Crippen molar-refractivity contribution in [1.29, 1.82) is 0 Å². The molecule has 8 heteroatoms. The number of hydrogen-bond acceptors (Lipinski definition) is 7. The van der Waals surface area contributed by atoms with Crippen molar-refractivity contribution in [3.8, 4) is 11.5 Å². The molecular formula is C18H20NO5S2-. The lowest BCUT2D eigenvalue weighted by Crippen LogP contribution is -2.52. The molecule has 1 atom stereocenters. The predicted octanol–water partition coefficient (Wildman–Crippen LogP) is 2.07. The maximum absolute atomic E-state index is 12.7. The van der Waals surface area contributed by atoms with E-state index in [1.165, 1.54) is 7.11 Å². The van der Waals surface area contributed by atoms with E-state index in [0.29, 0.717) is 23.0 Å². The Morgan fingerprint density at radius 1 is 1.38 bits per heavy atom. The maximum Gasteiger partial charge on any atom is 0.266 e. The van der Waals surface area contributed by atoms with Crippen LogP contribution in [0.2, 0.25) is 0 Å². The second-order valence-electron chi connectivity index (χ2n) is 5.90. The van der Waals surface area contributed by atoms with Crippen molar-refractivity contribution in [2.75, 3.05) is 13.7 Å². The number of carboxylic acids is 1. The van der Waals surface area contributed by atoms with Crippen molar-refractivity contribution >= 4 is 46.3 Å². The van der Waals surface area contributed by atoms with E-state index in [1.807, 2.05) is 6.92 Å². The highest BCUT2D eigenvalue weighted by Gasteiger charge is 2.39. The van der Waals surface area contributed by atoms with Crippen molar-refractivity contribution in [2.45, 2.75) is 26.8 Å². The van der Waals surface area contributed by atoms with E-state index in [9.17, 15) is 14.7 Å². The Hall–Kier alpha value is -2.06. The van der Waals surface area contributed by atoms with Crippen molar-refractivity contribution in [1.82, 2.24) is 4.90 Å². The third kappa shape index (κ3) is 4.19. The summed E-state index contributed by atoms with van der Waals surface area (Å²) in [6, 6.07) is 4.20. The van der Waals surface area contributed by atoms with Crippen LogP contribution in [0.1, 0.15) is 26.3 Å². The second-order valence-corrected chi connectivity index (χ2v) is 7.58. The van der Waals surface area contributed by atoms with E-state index in [1.54, 1.807) is 38.1 Å². The quantitative estimate of drug-likeness (QED) is 0.517. The van der Waals surface area contributed by atoms with Crippen molar-refractivity contribution in [3.05, 3.63) is 28.7 Å². The first kappa shape index (κ1) is 20.3. The van der Waals surface area contributed by atoms with E-state index in [4.69, 9.17) is 21.7 Å². The number of nitrogens with zero attached hydrogens (tertiary/aromatic N) is 1. The number of hydrogen-bond donors (Lipinski definition) is 0. The SMILES string of the molecule is CCOc1ccc(/C=C2\SC(=S)N([C@@H](C(=O)[O-])C(C)C)C2=O)cc1OC. The third-order valence-corrected chi connectivity index (χ3v) is 5.09. The van der Waals surface area contributed by atoms with Gasteiger partial charge < -0.3 is 19.4 Å². The number of thiocarbonyl (C=S) groups is 1. The lowest BCUT2D eigenvalue weighted by atomic mass is 10.0. The Balaban J connectivity index is 2.34. The van der Waals surface area contributed by atoms with Crippen molar-refractivity contribution < 1.29 is 24.2 Å². The van der Waals surface area contributed by atoms with Gasteiger partial charge in [-0.3, -0.25) is 9.69 Å². The number of carboxylic acid groups (broad SMARTS) is 1. The van der Waals surface area contributed by atoms with Gasteiger partial charge in [0.1, 0.15) is 4.32 Å². The molecule has 0 aromatic heterocycles. The largest absolute Gasteiger partial charge is 0.548 e. The summed E-state index contributed by atoms with van der Waals surface area (Å²) in [5.74, 6) is -0.925. The molecule has 0 bridgehead atoms. The minimum Gasteiger partial charge on any atom is -0.548 e. The number of carbonyl (C=O) groups is 2. The zero-order chi connectivity index (χ0) is 19.4. The first-order valence-corrected chi connectivity index (χ1v) is 9.31. The number of aliphatic carboxylic acids is 1. The van der Waals surface area contributed by atoms with Gasteiger partial charge in [0, 0.05) is 0 Å². The maximum atomic E-state index is 12.7. The highest BCUT2D eigenvalue weighted by Crippen LogP contribution is 2.36. The van der Waals surface area contributed by atoms with Crippen LogP contribution < -0.4 is 14.6 Å². The van der Waals surface area contributed by atoms with Gasteiger partial charge in [-0.2, -0.15) is 0 Å². The standard InChI is InChI=1S/C18H21NO5S2/c1-5-24-12-7-6-11(8-13(12)23-4)9-14-16(20)19(18(25)26-14)15(10(2)3)17(21)22/h6-10,15H,5H2,1-4H3,(H,21,22)/p-1/b14-9-/t15-/m1/s1. The molecule has 0 N–H and O–H groups in total. The van der Waals surface area contributed by atoms with Gasteiger partial charge in [0.05, 0.1) is 30.6 Å². The fourth-order valence-electron chi connectivity index (χ4n) is 2.60. The molecule has 2 rings (SSSR count). The molecule has 1 aliphatic rings. The molecule has 1 amide bonds.